The zero-order chi connectivity index (χ0) is 7.35. The second-order valence-electron chi connectivity index (χ2n) is 3.73. The zero-order valence-electron chi connectivity index (χ0n) is 6.13. The first kappa shape index (κ1) is 6.20. The summed E-state index contributed by atoms with van der Waals surface area (Å²) in [5.41, 5.74) is -0.321. The van der Waals surface area contributed by atoms with Gasteiger partial charge in [-0.05, 0) is 31.6 Å². The summed E-state index contributed by atoms with van der Waals surface area (Å²) in [4.78, 5) is 10.7. The number of carboxylic acid groups (broad SMARTS) is 1. The van der Waals surface area contributed by atoms with Gasteiger partial charge in [0.2, 0.25) is 0 Å². The smallest absolute Gasteiger partial charge is 0.309 e. The van der Waals surface area contributed by atoms with Gasteiger partial charge in [0.1, 0.15) is 0 Å². The van der Waals surface area contributed by atoms with E-state index in [0.717, 1.165) is 12.8 Å². The molecule has 2 rings (SSSR count). The Balaban J connectivity index is 2.17. The minimum absolute atomic E-state index is 0.321. The molecule has 2 saturated carbocycles. The van der Waals surface area contributed by atoms with E-state index in [1.165, 1.54) is 6.42 Å². The Morgan fingerprint density at radius 2 is 2.00 bits per heavy atom. The van der Waals surface area contributed by atoms with Gasteiger partial charge in [-0.2, -0.15) is 0 Å². The van der Waals surface area contributed by atoms with Crippen LogP contribution in [0.1, 0.15) is 26.2 Å². The van der Waals surface area contributed by atoms with Crippen molar-refractivity contribution >= 4 is 5.97 Å². The topological polar surface area (TPSA) is 37.3 Å². The first-order chi connectivity index (χ1) is 4.67. The molecule has 2 heteroatoms. The van der Waals surface area contributed by atoms with Crippen LogP contribution in [-0.2, 0) is 4.79 Å². The highest BCUT2D eigenvalue weighted by Crippen LogP contribution is 2.67. The molecule has 1 unspecified atom stereocenters. The number of hydrogen-bond acceptors (Lipinski definition) is 1. The van der Waals surface area contributed by atoms with Crippen molar-refractivity contribution in [2.45, 2.75) is 26.2 Å². The fourth-order valence-corrected chi connectivity index (χ4v) is 2.57. The van der Waals surface area contributed by atoms with Gasteiger partial charge in [0, 0.05) is 0 Å². The normalized spacial score (nSPS) is 50.5. The molecular weight excluding hydrogens is 128 g/mol. The van der Waals surface area contributed by atoms with Gasteiger partial charge in [-0.1, -0.05) is 6.42 Å². The minimum atomic E-state index is -0.581. The van der Waals surface area contributed by atoms with Gasteiger partial charge in [0.15, 0.2) is 0 Å². The number of rotatable bonds is 1. The highest BCUT2D eigenvalue weighted by Gasteiger charge is 2.67. The maximum absolute atomic E-state index is 10.7. The van der Waals surface area contributed by atoms with Crippen LogP contribution in [0.4, 0.5) is 0 Å². The summed E-state index contributed by atoms with van der Waals surface area (Å²) in [5, 5.41) is 8.82. The second kappa shape index (κ2) is 1.55. The van der Waals surface area contributed by atoms with Crippen LogP contribution in [0.2, 0.25) is 0 Å². The first-order valence-corrected chi connectivity index (χ1v) is 3.90. The fourth-order valence-electron chi connectivity index (χ4n) is 2.57. The molecule has 56 valence electrons. The van der Waals surface area contributed by atoms with E-state index in [2.05, 4.69) is 0 Å². The van der Waals surface area contributed by atoms with Crippen molar-refractivity contribution in [3.63, 3.8) is 0 Å². The Kier molecular flexibility index (Phi) is 0.960. The van der Waals surface area contributed by atoms with Gasteiger partial charge in [0.05, 0.1) is 5.41 Å². The molecule has 1 N–H and O–H groups in total. The van der Waals surface area contributed by atoms with Crippen LogP contribution < -0.4 is 0 Å². The van der Waals surface area contributed by atoms with E-state index in [1.54, 1.807) is 0 Å². The van der Waals surface area contributed by atoms with Crippen LogP contribution in [0.3, 0.4) is 0 Å². The monoisotopic (exact) mass is 140 g/mol. The van der Waals surface area contributed by atoms with Crippen LogP contribution in [0.5, 0.6) is 0 Å². The second-order valence-corrected chi connectivity index (χ2v) is 3.73. The molecule has 0 bridgehead atoms. The standard InChI is InChI=1S/C8H12O2/c1-8(7(9)10)5-3-2-4-6(5)8/h5-6H,2-4H2,1H3,(H,9,10)/t5-,6+,8?. The Hall–Kier alpha value is -0.530. The Labute approximate surface area is 60.2 Å². The molecule has 2 aliphatic carbocycles. The molecule has 0 aromatic heterocycles. The van der Waals surface area contributed by atoms with Gasteiger partial charge < -0.3 is 5.11 Å². The van der Waals surface area contributed by atoms with Crippen LogP contribution in [-0.4, -0.2) is 11.1 Å². The van der Waals surface area contributed by atoms with Gasteiger partial charge in [-0.25, -0.2) is 0 Å². The molecule has 2 fully saturated rings. The van der Waals surface area contributed by atoms with Crippen molar-refractivity contribution in [2.75, 3.05) is 0 Å². The van der Waals surface area contributed by atoms with Crippen LogP contribution in [0.15, 0.2) is 0 Å². The van der Waals surface area contributed by atoms with Crippen molar-refractivity contribution in [1.82, 2.24) is 0 Å². The molecule has 10 heavy (non-hydrogen) atoms. The third-order valence-electron chi connectivity index (χ3n) is 3.41. The van der Waals surface area contributed by atoms with Gasteiger partial charge >= 0.3 is 5.97 Å². The predicted octanol–water partition coefficient (Wildman–Crippen LogP) is 1.51. The first-order valence-electron chi connectivity index (χ1n) is 3.90. The summed E-state index contributed by atoms with van der Waals surface area (Å²) in [5.74, 6) is 0.456. The lowest BCUT2D eigenvalue weighted by molar-refractivity contribution is -0.144. The van der Waals surface area contributed by atoms with Gasteiger partial charge in [-0.15, -0.1) is 0 Å². The van der Waals surface area contributed by atoms with E-state index in [1.807, 2.05) is 6.92 Å². The van der Waals surface area contributed by atoms with Crippen molar-refractivity contribution in [3.05, 3.63) is 0 Å². The average Bonchev–Trinajstić information content (AvgIpc) is 2.28. The minimum Gasteiger partial charge on any atom is -0.481 e. The predicted molar refractivity (Wildman–Crippen MR) is 36.6 cm³/mol. The summed E-state index contributed by atoms with van der Waals surface area (Å²) >= 11 is 0. The molecule has 0 aromatic rings. The molecule has 0 aromatic carbocycles. The van der Waals surface area contributed by atoms with E-state index >= 15 is 0 Å². The number of carboxylic acids is 1. The lowest BCUT2D eigenvalue weighted by atomic mass is 9.99. The fraction of sp³-hybridized carbons (Fsp3) is 0.875. The molecule has 0 saturated heterocycles. The van der Waals surface area contributed by atoms with Gasteiger partial charge in [-0.3, -0.25) is 4.79 Å². The molecule has 0 heterocycles. The molecule has 2 nitrogen and oxygen atoms in total. The van der Waals surface area contributed by atoms with Crippen LogP contribution in [0.25, 0.3) is 0 Å². The van der Waals surface area contributed by atoms with E-state index in [0.29, 0.717) is 11.8 Å². The maximum Gasteiger partial charge on any atom is 0.309 e. The Bertz CT molecular complexity index is 176. The SMILES string of the molecule is CC1(C(=O)O)[C@@H]2CCC[C@@H]21. The number of aliphatic carboxylic acids is 1. The number of hydrogen-bond donors (Lipinski definition) is 1. The third-order valence-corrected chi connectivity index (χ3v) is 3.41. The Morgan fingerprint density at radius 3 is 2.30 bits per heavy atom. The largest absolute Gasteiger partial charge is 0.481 e. The molecule has 0 spiro atoms. The summed E-state index contributed by atoms with van der Waals surface area (Å²) < 4.78 is 0. The zero-order valence-corrected chi connectivity index (χ0v) is 6.13. The molecule has 0 aliphatic heterocycles. The highest BCUT2D eigenvalue weighted by molar-refractivity contribution is 5.79. The lowest BCUT2D eigenvalue weighted by Crippen LogP contribution is -2.16. The van der Waals surface area contributed by atoms with Crippen LogP contribution in [0, 0.1) is 17.3 Å². The van der Waals surface area contributed by atoms with Crippen molar-refractivity contribution in [3.8, 4) is 0 Å². The quantitative estimate of drug-likeness (QED) is 0.599. The summed E-state index contributed by atoms with van der Waals surface area (Å²) in [7, 11) is 0. The molecule has 3 atom stereocenters. The third kappa shape index (κ3) is 0.482. The van der Waals surface area contributed by atoms with Gasteiger partial charge in [0.25, 0.3) is 0 Å². The summed E-state index contributed by atoms with van der Waals surface area (Å²) in [6.07, 6.45) is 3.54. The summed E-state index contributed by atoms with van der Waals surface area (Å²) in [6, 6.07) is 0. The molecule has 2 aliphatic rings. The van der Waals surface area contributed by atoms with E-state index in [9.17, 15) is 4.79 Å². The maximum atomic E-state index is 10.7. The molecule has 0 amide bonds. The Morgan fingerprint density at radius 1 is 1.50 bits per heavy atom. The average molecular weight is 140 g/mol. The van der Waals surface area contributed by atoms with Crippen molar-refractivity contribution in [2.24, 2.45) is 17.3 Å². The van der Waals surface area contributed by atoms with Crippen LogP contribution >= 0.6 is 0 Å². The van der Waals surface area contributed by atoms with E-state index in [-0.39, 0.29) is 5.41 Å². The van der Waals surface area contributed by atoms with E-state index in [4.69, 9.17) is 5.11 Å². The van der Waals surface area contributed by atoms with E-state index < -0.39 is 5.97 Å². The lowest BCUT2D eigenvalue weighted by Gasteiger charge is -2.07. The van der Waals surface area contributed by atoms with Crippen molar-refractivity contribution in [1.29, 1.82) is 0 Å². The number of carbonyl (C=O) groups is 1. The van der Waals surface area contributed by atoms with Crippen molar-refractivity contribution < 1.29 is 9.90 Å². The molecule has 0 radical (unpaired) electrons. The molecular formula is C8H12O2. The highest BCUT2D eigenvalue weighted by atomic mass is 16.4. The number of fused-ring (bicyclic) bond motifs is 1. The summed E-state index contributed by atoms with van der Waals surface area (Å²) in [6.45, 7) is 1.89.